The number of hydrogen-bond acceptors (Lipinski definition) is 10. The maximum Gasteiger partial charge on any atom is 1.00 e. The summed E-state index contributed by atoms with van der Waals surface area (Å²) in [6.07, 6.45) is 2.32. The molecule has 2 aromatic carbocycles. The second-order valence-electron chi connectivity index (χ2n) is 8.03. The molecule has 0 saturated carbocycles. The van der Waals surface area contributed by atoms with E-state index in [0.29, 0.717) is 11.1 Å². The van der Waals surface area contributed by atoms with E-state index in [9.17, 15) is 24.3 Å². The molecule has 0 fully saturated rings. The first-order valence-corrected chi connectivity index (χ1v) is 11.6. The van der Waals surface area contributed by atoms with Gasteiger partial charge in [0.1, 0.15) is 23.7 Å². The summed E-state index contributed by atoms with van der Waals surface area (Å²) in [4.78, 5) is 53.4. The molecule has 0 atom stereocenters. The number of nitrogens with one attached hydrogen (secondary N) is 1. The number of rotatable bonds is 10. The third-order valence-corrected chi connectivity index (χ3v) is 5.22. The standard InChI is InChI=1S/C15H13NO4.C14H12N2O4.5CH4.Na.2H2O/c17-12(6-7-14(19)20)15-13(18)8-11(9-16-15)10-4-2-1-3-5-10;17-11-6-10(9-4-2-1-3-5-9)7-15-13(11)14(20)16-8-12(18)19;;;;;;;;/h1-5,8-9,18H,6-7H2,(H,19,20);1-7,17H,8H2,(H,16,20)(H,18,19);5*1H4;;2*1H2/q;;;;;;;+1;;/p-1/i;8D2;5*1D;;;/hD6. The Kier molecular flexibility index (Phi) is 17.5. The number of pyridine rings is 2. The number of carboxylic acid groups (broad SMARTS) is 2. The van der Waals surface area contributed by atoms with Crippen molar-refractivity contribution in [3.8, 4) is 33.8 Å². The van der Waals surface area contributed by atoms with Crippen LogP contribution in [-0.4, -0.2) is 75.8 Å². The van der Waals surface area contributed by atoms with Crippen molar-refractivity contribution < 1.29 is 92.6 Å². The summed E-state index contributed by atoms with van der Waals surface area (Å²) in [6.45, 7) is -3.21. The molecule has 48 heavy (non-hydrogen) atoms. The van der Waals surface area contributed by atoms with Gasteiger partial charge in [-0.15, -0.1) is 1.43 Å². The molecule has 1 amide bonds. The van der Waals surface area contributed by atoms with Crippen LogP contribution in [0.15, 0.2) is 85.2 Å². The Labute approximate surface area is 323 Å². The van der Waals surface area contributed by atoms with E-state index in [1.807, 2.05) is 36.4 Å². The van der Waals surface area contributed by atoms with Crippen molar-refractivity contribution in [2.75, 3.05) is 6.50 Å². The molecule has 2 aromatic heterocycles. The Hall–Kier alpha value is -4.66. The molecule has 4 rings (SSSR count). The summed E-state index contributed by atoms with van der Waals surface area (Å²) in [5.74, 6) is -5.17. The van der Waals surface area contributed by atoms with Gasteiger partial charge in [0.2, 0.25) is 2.86 Å². The van der Waals surface area contributed by atoms with Gasteiger partial charge in [0, 0.05) is 36.8 Å². The summed E-state index contributed by atoms with van der Waals surface area (Å²) in [5, 5.41) is 25.9. The van der Waals surface area contributed by atoms with Crippen LogP contribution in [0, 0.1) is 0 Å². The first-order chi connectivity index (χ1) is 28.8. The van der Waals surface area contributed by atoms with Crippen LogP contribution in [0.2, 0.25) is 1.41 Å². The Balaban J connectivity index is -0.000000188. The van der Waals surface area contributed by atoms with E-state index in [4.69, 9.17) is 27.3 Å². The Morgan fingerprint density at radius 1 is 0.812 bits per heavy atom. The molecule has 0 aliphatic rings. The van der Waals surface area contributed by atoms with Crippen LogP contribution in [0.25, 0.3) is 23.7 Å². The van der Waals surface area contributed by atoms with Crippen LogP contribution >= 0.6 is 0 Å². The van der Waals surface area contributed by atoms with E-state index in [1.165, 1.54) is 61.5 Å². The number of carbonyl (C=O) groups is 4. The van der Waals surface area contributed by atoms with Crippen molar-refractivity contribution in [2.24, 2.45) is 0 Å². The van der Waals surface area contributed by atoms with Gasteiger partial charge in [-0.1, -0.05) is 97.7 Å². The zero-order valence-corrected chi connectivity index (χ0v) is 29.5. The van der Waals surface area contributed by atoms with Gasteiger partial charge in [0.25, 0.3) is 8.77 Å². The van der Waals surface area contributed by atoms with Crippen LogP contribution < -0.4 is 34.9 Å². The van der Waals surface area contributed by atoms with E-state index >= 15 is 0 Å². The number of amides is 1. The number of benzene rings is 2. The maximum absolute atomic E-state index is 12.2. The number of ketones is 1. The number of Topliss-reactive ketones (excluding diaryl/α,β-unsaturated/α-hetero) is 1. The minimum atomic E-state index is -3.21. The van der Waals surface area contributed by atoms with Gasteiger partial charge in [0.05, 0.1) is 9.16 Å². The van der Waals surface area contributed by atoms with Gasteiger partial charge >= 0.3 is 41.5 Å². The molecule has 0 unspecified atom stereocenters. The summed E-state index contributed by atoms with van der Waals surface area (Å²) in [5.41, 5.74) is 12.5. The normalized spacial score (nSPS) is 11.3. The number of aliphatic carboxylic acids is 2. The quantitative estimate of drug-likeness (QED) is 0.119. The molecule has 2 heterocycles. The zero-order chi connectivity index (χ0) is 47.9. The third kappa shape index (κ3) is 16.8. The fraction of sp³-hybridized carbons (Fsp3) is 0.235. The number of carbonyl (C=O) groups excluding carboxylic acids is 2. The molecule has 0 aliphatic heterocycles. The van der Waals surface area contributed by atoms with Gasteiger partial charge in [-0.25, -0.2) is 9.97 Å². The van der Waals surface area contributed by atoms with Gasteiger partial charge in [0.15, 0.2) is 12.9 Å². The van der Waals surface area contributed by atoms with Crippen LogP contribution in [-0.2, 0) is 9.59 Å². The van der Waals surface area contributed by atoms with Crippen LogP contribution in [0.3, 0.4) is 0 Å². The monoisotopic (exact) mass is 694 g/mol. The van der Waals surface area contributed by atoms with Gasteiger partial charge in [-0.3, -0.25) is 19.2 Å². The molecule has 0 aliphatic carbocycles. The van der Waals surface area contributed by atoms with Gasteiger partial charge in [-0.05, 0) is 23.3 Å². The van der Waals surface area contributed by atoms with Crippen molar-refractivity contribution in [3.63, 3.8) is 0 Å². The van der Waals surface area contributed by atoms with E-state index in [0.717, 1.165) is 11.1 Å². The maximum atomic E-state index is 12.2. The first-order valence-electron chi connectivity index (χ1n) is 20.1. The van der Waals surface area contributed by atoms with E-state index < -0.39 is 35.8 Å². The molecule has 260 valence electrons. The van der Waals surface area contributed by atoms with Crippen molar-refractivity contribution in [3.05, 3.63) is 96.6 Å². The number of aromatic hydroxyl groups is 2. The zero-order valence-electron chi connectivity index (χ0n) is 40.5. The molecule has 13 nitrogen and oxygen atoms in total. The molecule has 4 aromatic rings. The predicted octanol–water partition coefficient (Wildman–Crippen LogP) is 2.95. The van der Waals surface area contributed by atoms with E-state index in [2.05, 4.69) is 27.1 Å². The molecule has 8 N–H and O–H groups in total. The predicted molar refractivity (Wildman–Crippen MR) is 183 cm³/mol. The molecule has 0 bridgehead atoms. The van der Waals surface area contributed by atoms with Gasteiger partial charge in [-0.2, -0.15) is 0 Å². The molecular formula is C34H48N3NaO10. The van der Waals surface area contributed by atoms with E-state index in [-0.39, 0.29) is 64.9 Å². The summed E-state index contributed by atoms with van der Waals surface area (Å²) in [7, 11) is 6.25. The van der Waals surface area contributed by atoms with Crippen molar-refractivity contribution in [1.29, 1.82) is 5.72 Å². The van der Waals surface area contributed by atoms with E-state index in [1.54, 1.807) is 24.3 Å². The molecule has 0 radical (unpaired) electrons. The molecule has 0 spiro atoms. The van der Waals surface area contributed by atoms with Crippen molar-refractivity contribution in [1.82, 2.24) is 15.3 Å². The largest absolute Gasteiger partial charge is 1.00 e. The van der Waals surface area contributed by atoms with Crippen molar-refractivity contribution in [2.45, 2.75) is 49.9 Å². The van der Waals surface area contributed by atoms with Crippen LogP contribution in [0.5, 0.6) is 11.5 Å². The second-order valence-corrected chi connectivity index (χ2v) is 8.03. The molecule has 14 heteroatoms. The third-order valence-electron chi connectivity index (χ3n) is 5.22. The topological polar surface area (TPSA) is 249 Å². The number of nitrogens with zero attached hydrogens (tertiary/aromatic N) is 2. The van der Waals surface area contributed by atoms with Crippen molar-refractivity contribution >= 4 is 23.6 Å². The number of aromatic nitrogens is 2. The minimum Gasteiger partial charge on any atom is -0.870 e. The summed E-state index contributed by atoms with van der Waals surface area (Å²) in [6, 6.07) is 21.0. The SMILES string of the molecule is O=C(O)CCC(=O)c1ncc(-c2ccccc2)cc1O.[2H]C.[2H]C.[2H]C.[2H]C.[2H]C.[2H]OC(=O)C([2H])([2H])N([2H])C(=O)c1ncc(-c2ccccc2)cc1O[2H].[2H]O[2H].[2H][O-].[Na+]. The Bertz CT molecular complexity index is 1730. The fourth-order valence-electron chi connectivity index (χ4n) is 3.34. The smallest absolute Gasteiger partial charge is 0.870 e. The summed E-state index contributed by atoms with van der Waals surface area (Å²) < 4.78 is 79.8. The van der Waals surface area contributed by atoms with Crippen LogP contribution in [0.4, 0.5) is 0 Å². The average molecular weight is 695 g/mol. The first kappa shape index (κ1) is 30.7. The Morgan fingerprint density at radius 3 is 1.69 bits per heavy atom. The fourth-order valence-corrected chi connectivity index (χ4v) is 3.34. The summed E-state index contributed by atoms with van der Waals surface area (Å²) >= 11 is 0. The average Bonchev–Trinajstić information content (AvgIpc) is 3.32. The number of carboxylic acids is 2. The van der Waals surface area contributed by atoms with Gasteiger partial charge < -0.3 is 36.7 Å². The second kappa shape index (κ2) is 27.5. The molecular weight excluding hydrogens is 633 g/mol. The number of hydrogen-bond donors (Lipinski definition) is 5. The Morgan fingerprint density at radius 2 is 1.27 bits per heavy atom. The minimum absolute atomic E-state index is 0. The van der Waals surface area contributed by atoms with Crippen LogP contribution in [0.1, 0.15) is 81.9 Å². The molecule has 0 saturated heterocycles.